The maximum absolute atomic E-state index is 7.77. The molecule has 0 unspecified atom stereocenters. The Morgan fingerprint density at radius 2 is 1.42 bits per heavy atom. The Balaban J connectivity index is 2.68. The molecule has 3 nitrogen and oxygen atoms in total. The molecule has 2 rings (SSSR count). The first kappa shape index (κ1) is 7.65. The zero-order valence-electron chi connectivity index (χ0n) is 7.72. The molecule has 0 atom stereocenters. The van der Waals surface area contributed by atoms with Crippen LogP contribution in [0.1, 0.15) is 24.2 Å². The number of nitrogens with one attached hydrogen (secondary N) is 1. The molecule has 0 fully saturated rings. The Morgan fingerprint density at radius 1 is 1.00 bits per heavy atom. The van der Waals surface area contributed by atoms with Crippen LogP contribution in [0.25, 0.3) is 0 Å². The lowest BCUT2D eigenvalue weighted by Gasteiger charge is -2.12. The van der Waals surface area contributed by atoms with Crippen LogP contribution in [0, 0.1) is 5.41 Å². The topological polar surface area (TPSA) is 33.7 Å². The standard InChI is InChI=1S/C9H15N3/c1-11-7-5-3-4-6-8(7)12(2)9(11)10/h10H,3-6H2,1-2H3. The van der Waals surface area contributed by atoms with Crippen LogP contribution in [0.2, 0.25) is 0 Å². The van der Waals surface area contributed by atoms with E-state index in [0.29, 0.717) is 5.62 Å². The average molecular weight is 165 g/mol. The van der Waals surface area contributed by atoms with Gasteiger partial charge in [-0.25, -0.2) is 0 Å². The molecule has 0 bridgehead atoms. The van der Waals surface area contributed by atoms with E-state index in [1.165, 1.54) is 24.2 Å². The molecule has 0 spiro atoms. The molecule has 3 heteroatoms. The zero-order chi connectivity index (χ0) is 8.72. The average Bonchev–Trinajstić information content (AvgIpc) is 2.33. The molecule has 12 heavy (non-hydrogen) atoms. The van der Waals surface area contributed by atoms with Crippen LogP contribution in [0.15, 0.2) is 0 Å². The first-order valence-electron chi connectivity index (χ1n) is 4.50. The van der Waals surface area contributed by atoms with Gasteiger partial charge in [-0.1, -0.05) is 0 Å². The van der Waals surface area contributed by atoms with Crippen molar-refractivity contribution in [2.24, 2.45) is 14.1 Å². The van der Waals surface area contributed by atoms with E-state index in [1.807, 2.05) is 23.2 Å². The van der Waals surface area contributed by atoms with Gasteiger partial charge >= 0.3 is 0 Å². The van der Waals surface area contributed by atoms with Gasteiger partial charge in [0.25, 0.3) is 0 Å². The molecule has 0 aromatic carbocycles. The van der Waals surface area contributed by atoms with E-state index in [0.717, 1.165) is 12.8 Å². The second-order valence-electron chi connectivity index (χ2n) is 3.54. The summed E-state index contributed by atoms with van der Waals surface area (Å²) in [6, 6.07) is 0. The number of hydrogen-bond acceptors (Lipinski definition) is 1. The molecule has 0 saturated heterocycles. The van der Waals surface area contributed by atoms with Gasteiger partial charge in [-0.3, -0.25) is 5.41 Å². The van der Waals surface area contributed by atoms with Gasteiger partial charge in [-0.15, -0.1) is 0 Å². The summed E-state index contributed by atoms with van der Waals surface area (Å²) in [7, 11) is 3.99. The summed E-state index contributed by atoms with van der Waals surface area (Å²) in [6.07, 6.45) is 4.87. The lowest BCUT2D eigenvalue weighted by Crippen LogP contribution is -2.20. The number of nitrogens with zero attached hydrogens (tertiary/aromatic N) is 2. The highest BCUT2D eigenvalue weighted by Crippen LogP contribution is 2.18. The van der Waals surface area contributed by atoms with Crippen LogP contribution in [0.3, 0.4) is 0 Å². The SMILES string of the molecule is Cn1c2c(n(C)c1=N)CCCC2. The minimum atomic E-state index is 0.627. The number of aromatic nitrogens is 2. The smallest absolute Gasteiger partial charge is 0.201 e. The molecule has 0 aliphatic heterocycles. The van der Waals surface area contributed by atoms with Gasteiger partial charge in [-0.2, -0.15) is 0 Å². The minimum absolute atomic E-state index is 0.627. The van der Waals surface area contributed by atoms with Crippen molar-refractivity contribution >= 4 is 0 Å². The third-order valence-corrected chi connectivity index (χ3v) is 2.86. The van der Waals surface area contributed by atoms with Crippen molar-refractivity contribution in [1.29, 1.82) is 5.41 Å². The highest BCUT2D eigenvalue weighted by Gasteiger charge is 2.16. The van der Waals surface area contributed by atoms with Gasteiger partial charge in [0, 0.05) is 25.5 Å². The van der Waals surface area contributed by atoms with Crippen LogP contribution in [-0.4, -0.2) is 9.13 Å². The number of imidazole rings is 1. The van der Waals surface area contributed by atoms with Gasteiger partial charge in [0.15, 0.2) is 0 Å². The second kappa shape index (κ2) is 2.51. The summed E-state index contributed by atoms with van der Waals surface area (Å²) in [5.41, 5.74) is 3.37. The summed E-state index contributed by atoms with van der Waals surface area (Å²) in [4.78, 5) is 0. The second-order valence-corrected chi connectivity index (χ2v) is 3.54. The van der Waals surface area contributed by atoms with Crippen molar-refractivity contribution < 1.29 is 0 Å². The first-order chi connectivity index (χ1) is 5.72. The Hall–Kier alpha value is -0.990. The van der Waals surface area contributed by atoms with Crippen LogP contribution < -0.4 is 5.62 Å². The molecule has 1 aliphatic carbocycles. The van der Waals surface area contributed by atoms with E-state index >= 15 is 0 Å². The molecule has 1 heterocycles. The van der Waals surface area contributed by atoms with Gasteiger partial charge in [0.05, 0.1) is 0 Å². The molecular formula is C9H15N3. The van der Waals surface area contributed by atoms with Crippen molar-refractivity contribution in [2.45, 2.75) is 25.7 Å². The Kier molecular flexibility index (Phi) is 1.60. The van der Waals surface area contributed by atoms with Crippen LogP contribution in [0.4, 0.5) is 0 Å². The molecule has 1 aliphatic rings. The molecule has 0 radical (unpaired) electrons. The Morgan fingerprint density at radius 3 is 1.83 bits per heavy atom. The van der Waals surface area contributed by atoms with E-state index in [-0.39, 0.29) is 0 Å². The number of hydrogen-bond donors (Lipinski definition) is 1. The fraction of sp³-hybridized carbons (Fsp3) is 0.667. The van der Waals surface area contributed by atoms with Gasteiger partial charge in [-0.05, 0) is 25.7 Å². The van der Waals surface area contributed by atoms with Crippen molar-refractivity contribution in [3.63, 3.8) is 0 Å². The predicted molar refractivity (Wildman–Crippen MR) is 46.9 cm³/mol. The first-order valence-corrected chi connectivity index (χ1v) is 4.50. The molecule has 0 saturated carbocycles. The lowest BCUT2D eigenvalue weighted by atomic mass is 10.0. The summed E-state index contributed by atoms with van der Waals surface area (Å²) in [6.45, 7) is 0. The monoisotopic (exact) mass is 165 g/mol. The van der Waals surface area contributed by atoms with Crippen molar-refractivity contribution in [1.82, 2.24) is 9.13 Å². The van der Waals surface area contributed by atoms with Crippen LogP contribution in [-0.2, 0) is 26.9 Å². The Labute approximate surface area is 72.1 Å². The quantitative estimate of drug-likeness (QED) is 0.588. The van der Waals surface area contributed by atoms with Crippen LogP contribution >= 0.6 is 0 Å². The molecule has 1 N–H and O–H groups in total. The van der Waals surface area contributed by atoms with Gasteiger partial charge < -0.3 is 9.13 Å². The molecular weight excluding hydrogens is 150 g/mol. The Bertz CT molecular complexity index is 324. The van der Waals surface area contributed by atoms with E-state index < -0.39 is 0 Å². The third-order valence-electron chi connectivity index (χ3n) is 2.86. The highest BCUT2D eigenvalue weighted by molar-refractivity contribution is 5.17. The summed E-state index contributed by atoms with van der Waals surface area (Å²) >= 11 is 0. The van der Waals surface area contributed by atoms with E-state index in [9.17, 15) is 0 Å². The largest absolute Gasteiger partial charge is 0.318 e. The maximum Gasteiger partial charge on any atom is 0.201 e. The summed E-state index contributed by atoms with van der Waals surface area (Å²) in [5, 5.41) is 7.77. The van der Waals surface area contributed by atoms with Crippen molar-refractivity contribution in [3.8, 4) is 0 Å². The molecule has 66 valence electrons. The molecule has 1 aromatic rings. The van der Waals surface area contributed by atoms with E-state index in [2.05, 4.69) is 0 Å². The summed E-state index contributed by atoms with van der Waals surface area (Å²) < 4.78 is 4.02. The van der Waals surface area contributed by atoms with Gasteiger partial charge in [0.1, 0.15) is 0 Å². The summed E-state index contributed by atoms with van der Waals surface area (Å²) in [5.74, 6) is 0. The van der Waals surface area contributed by atoms with Crippen molar-refractivity contribution in [3.05, 3.63) is 17.0 Å². The van der Waals surface area contributed by atoms with Gasteiger partial charge in [0.2, 0.25) is 5.62 Å². The molecule has 1 aromatic heterocycles. The fourth-order valence-electron chi connectivity index (χ4n) is 2.08. The van der Waals surface area contributed by atoms with E-state index in [4.69, 9.17) is 5.41 Å². The molecule has 0 amide bonds. The predicted octanol–water partition coefficient (Wildman–Crippen LogP) is 0.722. The zero-order valence-corrected chi connectivity index (χ0v) is 7.72. The van der Waals surface area contributed by atoms with E-state index in [1.54, 1.807) is 0 Å². The maximum atomic E-state index is 7.77. The number of rotatable bonds is 0. The third kappa shape index (κ3) is 0.854. The highest BCUT2D eigenvalue weighted by atomic mass is 15.2. The normalized spacial score (nSPS) is 16.2. The van der Waals surface area contributed by atoms with Crippen molar-refractivity contribution in [2.75, 3.05) is 0 Å². The minimum Gasteiger partial charge on any atom is -0.318 e. The number of fused-ring (bicyclic) bond motifs is 1. The lowest BCUT2D eigenvalue weighted by molar-refractivity contribution is 0.631. The fourth-order valence-corrected chi connectivity index (χ4v) is 2.08. The van der Waals surface area contributed by atoms with Crippen LogP contribution in [0.5, 0.6) is 0 Å².